The monoisotopic (exact) mass is 957 g/mol. The lowest BCUT2D eigenvalue weighted by molar-refractivity contribution is -0.146. The molecular formula is C45H42Cl3N9O9. The van der Waals surface area contributed by atoms with E-state index < -0.39 is 47.0 Å². The number of esters is 2. The van der Waals surface area contributed by atoms with Crippen LogP contribution in [-0.4, -0.2) is 81.5 Å². The SMILES string of the molecule is CNC(=O)N1C(=O)C(C(=O)c2cnc(C)cn2)c2cc(Cl)ccc21.CNC(=O)N1C(=O)Cc2cc(Cl)ccc21.Cc1cnc(C(=O)OC(=O)C(C)(C)C)cn1.O=C1Cc2cc(Cl)ccc2N1. The van der Waals surface area contributed by atoms with Crippen molar-refractivity contribution in [1.29, 1.82) is 0 Å². The molecule has 3 aliphatic rings. The van der Waals surface area contributed by atoms with E-state index in [0.717, 1.165) is 26.6 Å². The number of benzene rings is 3. The summed E-state index contributed by atoms with van der Waals surface area (Å²) in [7, 11) is 2.90. The zero-order chi connectivity index (χ0) is 48.6. The third kappa shape index (κ3) is 11.9. The average molecular weight is 959 g/mol. The van der Waals surface area contributed by atoms with Crippen LogP contribution in [0.25, 0.3) is 0 Å². The third-order valence-corrected chi connectivity index (χ3v) is 10.2. The van der Waals surface area contributed by atoms with E-state index in [-0.39, 0.29) is 29.6 Å². The Bertz CT molecular complexity index is 2750. The van der Waals surface area contributed by atoms with Crippen molar-refractivity contribution in [3.05, 3.63) is 134 Å². The number of halogens is 3. The van der Waals surface area contributed by atoms with Crippen molar-refractivity contribution in [2.75, 3.05) is 29.2 Å². The van der Waals surface area contributed by atoms with E-state index in [1.54, 1.807) is 71.0 Å². The number of amides is 7. The van der Waals surface area contributed by atoms with Crippen LogP contribution in [0.5, 0.6) is 0 Å². The van der Waals surface area contributed by atoms with E-state index in [1.165, 1.54) is 44.9 Å². The van der Waals surface area contributed by atoms with Crippen LogP contribution in [0.15, 0.2) is 79.4 Å². The maximum atomic E-state index is 12.8. The van der Waals surface area contributed by atoms with Gasteiger partial charge in [-0.1, -0.05) is 34.8 Å². The number of fused-ring (bicyclic) bond motifs is 3. The van der Waals surface area contributed by atoms with Crippen molar-refractivity contribution in [2.45, 2.75) is 53.4 Å². The summed E-state index contributed by atoms with van der Waals surface area (Å²) in [6.45, 7) is 8.50. The Morgan fingerprint density at radius 3 is 1.77 bits per heavy atom. The largest absolute Gasteiger partial charge is 0.388 e. The molecule has 3 aliphatic heterocycles. The minimum absolute atomic E-state index is 0.0307. The van der Waals surface area contributed by atoms with Crippen LogP contribution in [0.3, 0.4) is 0 Å². The van der Waals surface area contributed by atoms with E-state index in [9.17, 15) is 38.4 Å². The second kappa shape index (κ2) is 21.2. The Balaban J connectivity index is 0.000000172. The second-order valence-corrected chi connectivity index (χ2v) is 16.8. The van der Waals surface area contributed by atoms with Crippen LogP contribution in [0.4, 0.5) is 26.7 Å². The van der Waals surface area contributed by atoms with Crippen LogP contribution in [-0.2, 0) is 36.8 Å². The first-order chi connectivity index (χ1) is 31.1. The number of nitrogens with one attached hydrogen (secondary N) is 3. The molecule has 66 heavy (non-hydrogen) atoms. The van der Waals surface area contributed by atoms with Crippen LogP contribution in [0.2, 0.25) is 15.1 Å². The molecule has 0 bridgehead atoms. The number of aryl methyl sites for hydroxylation is 2. The zero-order valence-corrected chi connectivity index (χ0v) is 38.8. The van der Waals surface area contributed by atoms with E-state index >= 15 is 0 Å². The maximum absolute atomic E-state index is 12.8. The fourth-order valence-corrected chi connectivity index (χ4v) is 6.76. The van der Waals surface area contributed by atoms with Gasteiger partial charge in [-0.3, -0.25) is 33.9 Å². The number of nitrogens with zero attached hydrogens (tertiary/aromatic N) is 6. The fourth-order valence-electron chi connectivity index (χ4n) is 6.19. The number of hydrogen-bond acceptors (Lipinski definition) is 13. The lowest BCUT2D eigenvalue weighted by Crippen LogP contribution is -2.42. The van der Waals surface area contributed by atoms with Crippen molar-refractivity contribution < 1.29 is 43.1 Å². The summed E-state index contributed by atoms with van der Waals surface area (Å²) < 4.78 is 4.66. The predicted octanol–water partition coefficient (Wildman–Crippen LogP) is 7.01. The molecule has 18 nitrogen and oxygen atoms in total. The summed E-state index contributed by atoms with van der Waals surface area (Å²) in [4.78, 5) is 112. The minimum atomic E-state index is -1.17. The molecule has 0 radical (unpaired) electrons. The Morgan fingerprint density at radius 2 is 1.21 bits per heavy atom. The molecule has 342 valence electrons. The highest BCUT2D eigenvalue weighted by Gasteiger charge is 2.45. The molecule has 0 fully saturated rings. The van der Waals surface area contributed by atoms with E-state index in [1.807, 2.05) is 12.1 Å². The summed E-state index contributed by atoms with van der Waals surface area (Å²) >= 11 is 17.5. The van der Waals surface area contributed by atoms with Gasteiger partial charge in [0.2, 0.25) is 11.8 Å². The summed E-state index contributed by atoms with van der Waals surface area (Å²) in [6, 6.07) is 14.0. The van der Waals surface area contributed by atoms with Crippen LogP contribution < -0.4 is 25.8 Å². The molecule has 5 heterocycles. The van der Waals surface area contributed by atoms with Gasteiger partial charge < -0.3 is 20.7 Å². The van der Waals surface area contributed by atoms with Gasteiger partial charge in [-0.2, -0.15) is 0 Å². The number of carbonyl (C=O) groups excluding carboxylic acids is 8. The zero-order valence-electron chi connectivity index (χ0n) is 36.5. The van der Waals surface area contributed by atoms with Crippen molar-refractivity contribution in [3.63, 3.8) is 0 Å². The quantitative estimate of drug-likeness (QED) is 0.0938. The molecule has 5 aromatic rings. The molecule has 3 aromatic carbocycles. The second-order valence-electron chi connectivity index (χ2n) is 15.5. The third-order valence-electron chi connectivity index (χ3n) is 9.49. The molecule has 21 heteroatoms. The number of urea groups is 2. The van der Waals surface area contributed by atoms with Crippen LogP contribution >= 0.6 is 34.8 Å². The molecule has 0 saturated carbocycles. The Morgan fingerprint density at radius 1 is 0.682 bits per heavy atom. The molecule has 1 unspecified atom stereocenters. The number of rotatable bonds is 3. The number of aromatic nitrogens is 4. The van der Waals surface area contributed by atoms with Gasteiger partial charge in [-0.25, -0.2) is 34.2 Å². The molecule has 8 rings (SSSR count). The Labute approximate surface area is 393 Å². The van der Waals surface area contributed by atoms with E-state index in [4.69, 9.17) is 34.8 Å². The average Bonchev–Trinajstić information content (AvgIpc) is 3.90. The molecule has 3 N–H and O–H groups in total. The topological polar surface area (TPSA) is 240 Å². The highest BCUT2D eigenvalue weighted by Crippen LogP contribution is 2.40. The molecule has 7 amide bonds. The summed E-state index contributed by atoms with van der Waals surface area (Å²) in [5.41, 5.74) is 4.71. The summed E-state index contributed by atoms with van der Waals surface area (Å²) in [5.74, 6) is -3.88. The molecular weight excluding hydrogens is 917 g/mol. The first-order valence-electron chi connectivity index (χ1n) is 19.8. The lowest BCUT2D eigenvalue weighted by atomic mass is 9.94. The number of hydrogen-bond donors (Lipinski definition) is 3. The molecule has 0 spiro atoms. The number of ketones is 1. The predicted molar refractivity (Wildman–Crippen MR) is 245 cm³/mol. The molecule has 1 atom stereocenters. The van der Waals surface area contributed by atoms with Crippen LogP contribution in [0.1, 0.15) is 75.7 Å². The van der Waals surface area contributed by atoms with Gasteiger partial charge in [0.15, 0.2) is 11.5 Å². The summed E-state index contributed by atoms with van der Waals surface area (Å²) in [5, 5.41) is 9.17. The number of Topliss-reactive ketones (excluding diaryl/α,β-unsaturated/α-hetero) is 1. The van der Waals surface area contributed by atoms with Gasteiger partial charge in [0.1, 0.15) is 11.6 Å². The molecule has 0 aliphatic carbocycles. The fraction of sp³-hybridized carbons (Fsp3) is 0.244. The van der Waals surface area contributed by atoms with Crippen LogP contribution in [0, 0.1) is 19.3 Å². The smallest absolute Gasteiger partial charge is 0.366 e. The normalized spacial score (nSPS) is 14.1. The van der Waals surface area contributed by atoms with Gasteiger partial charge >= 0.3 is 24.0 Å². The maximum Gasteiger partial charge on any atom is 0.366 e. The first-order valence-corrected chi connectivity index (χ1v) is 20.9. The summed E-state index contributed by atoms with van der Waals surface area (Å²) in [6.07, 6.45) is 6.17. The lowest BCUT2D eigenvalue weighted by Gasteiger charge is -2.14. The van der Waals surface area contributed by atoms with Gasteiger partial charge in [0, 0.05) is 47.2 Å². The highest BCUT2D eigenvalue weighted by molar-refractivity contribution is 6.33. The number of carbonyl (C=O) groups is 8. The number of ether oxygens (including phenoxy) is 1. The van der Waals surface area contributed by atoms with Crippen molar-refractivity contribution in [3.8, 4) is 0 Å². The van der Waals surface area contributed by atoms with E-state index in [2.05, 4.69) is 40.6 Å². The number of anilines is 3. The number of imide groups is 2. The van der Waals surface area contributed by atoms with Crippen molar-refractivity contribution >= 4 is 99.4 Å². The first kappa shape index (κ1) is 49.9. The molecule has 2 aromatic heterocycles. The van der Waals surface area contributed by atoms with Crippen molar-refractivity contribution in [1.82, 2.24) is 30.6 Å². The van der Waals surface area contributed by atoms with E-state index in [0.29, 0.717) is 49.8 Å². The Hall–Kier alpha value is -7.15. The van der Waals surface area contributed by atoms with Gasteiger partial charge in [-0.15, -0.1) is 0 Å². The Kier molecular flexibility index (Phi) is 16.0. The standard InChI is InChI=1S/C16H13ClN4O3.C11H14N2O3.C10H9ClN2O2.C8H6ClNO/c1-8-6-20-11(7-19-8)14(22)13-10-5-9(17)3-4-12(10)21(15(13)23)16(24)18-2;1-7-5-13-8(6-12-7)9(14)16-10(15)11(2,3)4;1-12-10(15)13-8-3-2-7(11)4-6(8)5-9(13)14;9-6-1-2-7-5(3-6)4-8(11)10-7/h3-7,13H,1-2H3,(H,18,24);5-6H,1-4H3;2-4H,5H2,1H3,(H,12,15);1-3H,4H2,(H,10,11). The minimum Gasteiger partial charge on any atom is -0.388 e. The van der Waals surface area contributed by atoms with Gasteiger partial charge in [0.05, 0.1) is 53.4 Å². The van der Waals surface area contributed by atoms with Gasteiger partial charge in [0.25, 0.3) is 5.91 Å². The van der Waals surface area contributed by atoms with Gasteiger partial charge in [-0.05, 0) is 106 Å². The highest BCUT2D eigenvalue weighted by atomic mass is 35.5. The van der Waals surface area contributed by atoms with Crippen molar-refractivity contribution in [2.24, 2.45) is 5.41 Å². The molecule has 0 saturated heterocycles.